The third-order valence-corrected chi connectivity index (χ3v) is 4.58. The minimum absolute atomic E-state index is 0.00328. The van der Waals surface area contributed by atoms with Crippen molar-refractivity contribution in [3.8, 4) is 0 Å². The van der Waals surface area contributed by atoms with E-state index in [9.17, 15) is 4.79 Å². The second kappa shape index (κ2) is 5.74. The summed E-state index contributed by atoms with van der Waals surface area (Å²) in [5.74, 6) is 0.961. The van der Waals surface area contributed by atoms with Crippen LogP contribution in [0.2, 0.25) is 0 Å². The van der Waals surface area contributed by atoms with Crippen molar-refractivity contribution in [1.82, 2.24) is 30.2 Å². The Kier molecular flexibility index (Phi) is 3.55. The van der Waals surface area contributed by atoms with Gasteiger partial charge in [-0.3, -0.25) is 0 Å². The fourth-order valence-electron chi connectivity index (χ4n) is 3.51. The van der Waals surface area contributed by atoms with Gasteiger partial charge in [-0.2, -0.15) is 0 Å². The summed E-state index contributed by atoms with van der Waals surface area (Å²) >= 11 is 0. The fourth-order valence-corrected chi connectivity index (χ4v) is 3.51. The van der Waals surface area contributed by atoms with Gasteiger partial charge in [0.2, 0.25) is 0 Å². The van der Waals surface area contributed by atoms with E-state index in [4.69, 9.17) is 4.98 Å². The average Bonchev–Trinajstić information content (AvgIpc) is 3.23. The molecule has 2 N–H and O–H groups in total. The molecule has 1 unspecified atom stereocenters. The molecule has 0 spiro atoms. The van der Waals surface area contributed by atoms with E-state index >= 15 is 0 Å². The molecule has 4 rings (SSSR count). The maximum absolute atomic E-state index is 12.1. The summed E-state index contributed by atoms with van der Waals surface area (Å²) in [4.78, 5) is 30.8. The molecule has 3 aromatic heterocycles. The summed E-state index contributed by atoms with van der Waals surface area (Å²) in [5.41, 5.74) is 2.73. The van der Waals surface area contributed by atoms with Gasteiger partial charge in [0.15, 0.2) is 0 Å². The number of nitrogens with zero attached hydrogens (tertiary/aromatic N) is 4. The van der Waals surface area contributed by atoms with Gasteiger partial charge >= 0.3 is 6.03 Å². The number of likely N-dealkylation sites (tertiary alicyclic amines) is 1. The summed E-state index contributed by atoms with van der Waals surface area (Å²) in [6, 6.07) is 2.02. The van der Waals surface area contributed by atoms with Gasteiger partial charge in [0, 0.05) is 42.5 Å². The zero-order valence-corrected chi connectivity index (χ0v) is 13.8. The second-order valence-corrected chi connectivity index (χ2v) is 6.18. The molecule has 124 valence electrons. The maximum Gasteiger partial charge on any atom is 0.317 e. The van der Waals surface area contributed by atoms with Crippen LogP contribution in [0.15, 0.2) is 18.5 Å². The molecule has 1 saturated heterocycles. The van der Waals surface area contributed by atoms with Crippen molar-refractivity contribution in [2.45, 2.75) is 26.2 Å². The Morgan fingerprint density at radius 1 is 1.46 bits per heavy atom. The Hall–Kier alpha value is -2.70. The summed E-state index contributed by atoms with van der Waals surface area (Å²) in [7, 11) is 0. The number of hydrogen-bond donors (Lipinski definition) is 2. The van der Waals surface area contributed by atoms with E-state index in [0.717, 1.165) is 46.4 Å². The topological polar surface area (TPSA) is 86.8 Å². The average molecular weight is 324 g/mol. The lowest BCUT2D eigenvalue weighted by Crippen LogP contribution is -2.38. The standard InChI is InChI=1S/C17H20N6O/c1-3-18-17(24)23-7-5-11(9-23)15-14-12-4-6-19-16(12)20-8-13(14)21-10(2)22-15/h4,6,8,11H,3,5,7,9H2,1-2H3,(H,18,24)(H,19,20). The van der Waals surface area contributed by atoms with Crippen LogP contribution in [-0.2, 0) is 0 Å². The Bertz CT molecular complexity index is 918. The number of hydrogen-bond acceptors (Lipinski definition) is 4. The van der Waals surface area contributed by atoms with E-state index in [1.807, 2.05) is 31.0 Å². The van der Waals surface area contributed by atoms with Gasteiger partial charge in [0.05, 0.1) is 17.4 Å². The minimum Gasteiger partial charge on any atom is -0.346 e. The molecule has 0 saturated carbocycles. The number of H-pyrrole nitrogens is 1. The number of rotatable bonds is 2. The zero-order valence-electron chi connectivity index (χ0n) is 13.8. The monoisotopic (exact) mass is 324 g/mol. The molecule has 24 heavy (non-hydrogen) atoms. The van der Waals surface area contributed by atoms with Crippen molar-refractivity contribution in [2.75, 3.05) is 19.6 Å². The lowest BCUT2D eigenvalue weighted by molar-refractivity contribution is 0.209. The third kappa shape index (κ3) is 2.36. The summed E-state index contributed by atoms with van der Waals surface area (Å²) in [6.45, 7) is 5.92. The van der Waals surface area contributed by atoms with Gasteiger partial charge in [0.25, 0.3) is 0 Å². The van der Waals surface area contributed by atoms with Crippen molar-refractivity contribution in [3.05, 3.63) is 30.0 Å². The molecular weight excluding hydrogens is 304 g/mol. The Balaban J connectivity index is 1.79. The first-order valence-corrected chi connectivity index (χ1v) is 8.30. The lowest BCUT2D eigenvalue weighted by Gasteiger charge is -2.17. The molecule has 4 heterocycles. The summed E-state index contributed by atoms with van der Waals surface area (Å²) < 4.78 is 0. The number of aromatic amines is 1. The van der Waals surface area contributed by atoms with Gasteiger partial charge in [-0.25, -0.2) is 19.7 Å². The molecular formula is C17H20N6O. The zero-order chi connectivity index (χ0) is 16.7. The molecule has 7 heteroatoms. The highest BCUT2D eigenvalue weighted by atomic mass is 16.2. The fraction of sp³-hybridized carbons (Fsp3) is 0.412. The van der Waals surface area contributed by atoms with Crippen molar-refractivity contribution in [2.24, 2.45) is 0 Å². The molecule has 0 bridgehead atoms. The molecule has 1 fully saturated rings. The van der Waals surface area contributed by atoms with Crippen molar-refractivity contribution in [3.63, 3.8) is 0 Å². The number of carbonyl (C=O) groups excluding carboxylic acids is 1. The van der Waals surface area contributed by atoms with Crippen LogP contribution >= 0.6 is 0 Å². The van der Waals surface area contributed by atoms with Crippen LogP contribution in [0.3, 0.4) is 0 Å². The SMILES string of the molecule is CCNC(=O)N1CCC(c2nc(C)nc3cnc4[nH]ccc4c23)C1. The highest BCUT2D eigenvalue weighted by molar-refractivity contribution is 6.04. The summed E-state index contributed by atoms with van der Waals surface area (Å²) in [6.07, 6.45) is 4.59. The first-order chi connectivity index (χ1) is 11.7. The second-order valence-electron chi connectivity index (χ2n) is 6.18. The first-order valence-electron chi connectivity index (χ1n) is 8.30. The molecule has 7 nitrogen and oxygen atoms in total. The van der Waals surface area contributed by atoms with Crippen LogP contribution in [0.5, 0.6) is 0 Å². The van der Waals surface area contributed by atoms with E-state index in [0.29, 0.717) is 13.1 Å². The van der Waals surface area contributed by atoms with Gasteiger partial charge < -0.3 is 15.2 Å². The maximum atomic E-state index is 12.1. The van der Waals surface area contributed by atoms with Crippen molar-refractivity contribution >= 4 is 28.0 Å². The lowest BCUT2D eigenvalue weighted by atomic mass is 9.99. The van der Waals surface area contributed by atoms with Crippen LogP contribution in [0.4, 0.5) is 4.79 Å². The molecule has 3 aromatic rings. The Morgan fingerprint density at radius 2 is 2.33 bits per heavy atom. The Morgan fingerprint density at radius 3 is 3.17 bits per heavy atom. The number of nitrogens with one attached hydrogen (secondary N) is 2. The molecule has 1 aliphatic heterocycles. The smallest absolute Gasteiger partial charge is 0.317 e. The number of carbonyl (C=O) groups is 1. The van der Waals surface area contributed by atoms with Gasteiger partial charge in [0.1, 0.15) is 11.5 Å². The van der Waals surface area contributed by atoms with Crippen LogP contribution in [0.25, 0.3) is 21.9 Å². The van der Waals surface area contributed by atoms with Gasteiger partial charge in [-0.1, -0.05) is 0 Å². The van der Waals surface area contributed by atoms with Crippen molar-refractivity contribution < 1.29 is 4.79 Å². The predicted octanol–water partition coefficient (Wildman–Crippen LogP) is 2.33. The number of aryl methyl sites for hydroxylation is 1. The highest BCUT2D eigenvalue weighted by Crippen LogP contribution is 2.33. The van der Waals surface area contributed by atoms with Crippen molar-refractivity contribution in [1.29, 1.82) is 0 Å². The third-order valence-electron chi connectivity index (χ3n) is 4.58. The number of fused-ring (bicyclic) bond motifs is 3. The molecule has 1 atom stereocenters. The molecule has 0 radical (unpaired) electrons. The number of amides is 2. The van der Waals surface area contributed by atoms with Crippen LogP contribution < -0.4 is 5.32 Å². The first kappa shape index (κ1) is 14.9. The predicted molar refractivity (Wildman–Crippen MR) is 91.9 cm³/mol. The van der Waals surface area contributed by atoms with E-state index in [1.54, 1.807) is 6.20 Å². The van der Waals surface area contributed by atoms with Crippen LogP contribution in [-0.4, -0.2) is 50.5 Å². The largest absolute Gasteiger partial charge is 0.346 e. The summed E-state index contributed by atoms with van der Waals surface area (Å²) in [5, 5.41) is 4.96. The van der Waals surface area contributed by atoms with E-state index in [2.05, 4.69) is 20.3 Å². The minimum atomic E-state index is 0.00328. The molecule has 0 aliphatic carbocycles. The highest BCUT2D eigenvalue weighted by Gasteiger charge is 2.30. The van der Waals surface area contributed by atoms with Gasteiger partial charge in [-0.05, 0) is 26.3 Å². The Labute approximate surface area is 139 Å². The quantitative estimate of drug-likeness (QED) is 0.757. The molecule has 1 aliphatic rings. The molecule has 2 amide bonds. The van der Waals surface area contributed by atoms with E-state index in [1.165, 1.54) is 0 Å². The number of aromatic nitrogens is 4. The number of pyridine rings is 1. The number of urea groups is 1. The van der Waals surface area contributed by atoms with E-state index in [-0.39, 0.29) is 11.9 Å². The van der Waals surface area contributed by atoms with E-state index < -0.39 is 0 Å². The van der Waals surface area contributed by atoms with Crippen LogP contribution in [0, 0.1) is 6.92 Å². The van der Waals surface area contributed by atoms with Gasteiger partial charge in [-0.15, -0.1) is 0 Å². The molecule has 0 aromatic carbocycles. The van der Waals surface area contributed by atoms with Crippen LogP contribution in [0.1, 0.15) is 30.8 Å². The normalized spacial score (nSPS) is 17.8.